The fourth-order valence-electron chi connectivity index (χ4n) is 1.52. The number of carbonyl (C=O) groups is 1. The van der Waals surface area contributed by atoms with Crippen molar-refractivity contribution in [3.05, 3.63) is 35.9 Å². The highest BCUT2D eigenvalue weighted by molar-refractivity contribution is 5.94. The summed E-state index contributed by atoms with van der Waals surface area (Å²) in [6, 6.07) is 9.31. The Morgan fingerprint density at radius 3 is 2.71 bits per heavy atom. The third-order valence-electron chi connectivity index (χ3n) is 2.27. The van der Waals surface area contributed by atoms with Gasteiger partial charge in [0.15, 0.2) is 0 Å². The molecule has 1 aliphatic heterocycles. The number of benzene rings is 1. The van der Waals surface area contributed by atoms with Gasteiger partial charge in [-0.15, -0.1) is 0 Å². The molecule has 3 nitrogen and oxygen atoms in total. The lowest BCUT2D eigenvalue weighted by Gasteiger charge is -2.26. The zero-order valence-corrected chi connectivity index (χ0v) is 7.98. The maximum Gasteiger partial charge on any atom is 0.255 e. The zero-order valence-electron chi connectivity index (χ0n) is 7.98. The highest BCUT2D eigenvalue weighted by Crippen LogP contribution is 2.08. The molecule has 1 aliphatic rings. The molecule has 1 heterocycles. The Hall–Kier alpha value is -1.35. The molecule has 0 unspecified atom stereocenters. The number of nitrogens with zero attached hydrogens (tertiary/aromatic N) is 1. The highest BCUT2D eigenvalue weighted by atomic mass is 16.5. The Morgan fingerprint density at radius 2 is 2.07 bits per heavy atom. The number of amides is 1. The number of ether oxygens (including phenoxy) is 1. The topological polar surface area (TPSA) is 29.5 Å². The van der Waals surface area contributed by atoms with Crippen LogP contribution in [0.15, 0.2) is 30.3 Å². The lowest BCUT2D eigenvalue weighted by atomic mass is 10.2. The fraction of sp³-hybridized carbons (Fsp3) is 0.364. The van der Waals surface area contributed by atoms with Crippen molar-refractivity contribution in [2.45, 2.75) is 6.42 Å². The van der Waals surface area contributed by atoms with Crippen molar-refractivity contribution < 1.29 is 9.53 Å². The van der Waals surface area contributed by atoms with Gasteiger partial charge in [0.05, 0.1) is 6.61 Å². The highest BCUT2D eigenvalue weighted by Gasteiger charge is 2.17. The second kappa shape index (κ2) is 4.24. The van der Waals surface area contributed by atoms with Crippen molar-refractivity contribution in [2.24, 2.45) is 0 Å². The van der Waals surface area contributed by atoms with Gasteiger partial charge in [-0.25, -0.2) is 0 Å². The second-order valence-electron chi connectivity index (χ2n) is 3.33. The zero-order chi connectivity index (χ0) is 9.80. The molecule has 0 radical (unpaired) electrons. The van der Waals surface area contributed by atoms with Crippen molar-refractivity contribution in [2.75, 3.05) is 19.9 Å². The van der Waals surface area contributed by atoms with Crippen molar-refractivity contribution >= 4 is 5.91 Å². The first-order valence-electron chi connectivity index (χ1n) is 4.80. The molecule has 1 aromatic carbocycles. The maximum absolute atomic E-state index is 11.8. The van der Waals surface area contributed by atoms with E-state index in [1.165, 1.54) is 0 Å². The average Bonchev–Trinajstić information content (AvgIpc) is 2.30. The summed E-state index contributed by atoms with van der Waals surface area (Å²) in [5.74, 6) is 0.0605. The van der Waals surface area contributed by atoms with Gasteiger partial charge in [0, 0.05) is 12.1 Å². The summed E-state index contributed by atoms with van der Waals surface area (Å²) in [6.45, 7) is 1.99. The molecule has 0 aromatic heterocycles. The first-order chi connectivity index (χ1) is 6.88. The summed E-state index contributed by atoms with van der Waals surface area (Å²) in [6.07, 6.45) is 0.929. The van der Waals surface area contributed by atoms with Crippen molar-refractivity contribution in [3.63, 3.8) is 0 Å². The van der Waals surface area contributed by atoms with Crippen LogP contribution >= 0.6 is 0 Å². The molecule has 0 saturated carbocycles. The van der Waals surface area contributed by atoms with E-state index in [1.54, 1.807) is 4.90 Å². The summed E-state index contributed by atoms with van der Waals surface area (Å²) >= 11 is 0. The van der Waals surface area contributed by atoms with Crippen LogP contribution in [-0.2, 0) is 4.74 Å². The van der Waals surface area contributed by atoms with E-state index in [2.05, 4.69) is 0 Å². The molecule has 0 N–H and O–H groups in total. The van der Waals surface area contributed by atoms with Crippen LogP contribution in [0, 0.1) is 0 Å². The van der Waals surface area contributed by atoms with Crippen molar-refractivity contribution in [3.8, 4) is 0 Å². The Morgan fingerprint density at radius 1 is 1.29 bits per heavy atom. The van der Waals surface area contributed by atoms with Crippen molar-refractivity contribution in [1.82, 2.24) is 4.90 Å². The normalized spacial score (nSPS) is 16.7. The quantitative estimate of drug-likeness (QED) is 0.673. The predicted octanol–water partition coefficient (Wildman–Crippen LogP) is 1.51. The lowest BCUT2D eigenvalue weighted by Crippen LogP contribution is -2.38. The standard InChI is InChI=1S/C11H13NO2/c13-11(10-5-2-1-3-6-10)12-7-4-8-14-9-12/h1-3,5-6H,4,7-9H2. The van der Waals surface area contributed by atoms with E-state index < -0.39 is 0 Å². The second-order valence-corrected chi connectivity index (χ2v) is 3.33. The van der Waals surface area contributed by atoms with Gasteiger partial charge >= 0.3 is 0 Å². The molecule has 2 rings (SSSR count). The van der Waals surface area contributed by atoms with Crippen molar-refractivity contribution in [1.29, 1.82) is 0 Å². The van der Waals surface area contributed by atoms with Gasteiger partial charge in [-0.1, -0.05) is 18.2 Å². The minimum atomic E-state index is 0.0605. The summed E-state index contributed by atoms with van der Waals surface area (Å²) < 4.78 is 5.23. The number of rotatable bonds is 1. The van der Waals surface area contributed by atoms with Crippen LogP contribution in [0.3, 0.4) is 0 Å². The maximum atomic E-state index is 11.8. The Bertz CT molecular complexity index is 304. The summed E-state index contributed by atoms with van der Waals surface area (Å²) in [7, 11) is 0. The van der Waals surface area contributed by atoms with Gasteiger partial charge < -0.3 is 9.64 Å². The van der Waals surface area contributed by atoms with Crippen LogP contribution in [-0.4, -0.2) is 30.7 Å². The van der Waals surface area contributed by atoms with E-state index in [9.17, 15) is 4.79 Å². The first kappa shape index (κ1) is 9.21. The molecular formula is C11H13NO2. The fourth-order valence-corrected chi connectivity index (χ4v) is 1.52. The van der Waals surface area contributed by atoms with Crippen LogP contribution < -0.4 is 0 Å². The molecule has 0 spiro atoms. The molecule has 0 aliphatic carbocycles. The average molecular weight is 191 g/mol. The molecule has 3 heteroatoms. The number of hydrogen-bond donors (Lipinski definition) is 0. The number of carbonyl (C=O) groups excluding carboxylic acids is 1. The summed E-state index contributed by atoms with van der Waals surface area (Å²) in [5.41, 5.74) is 0.734. The van der Waals surface area contributed by atoms with Crippen LogP contribution in [0.4, 0.5) is 0 Å². The molecule has 0 bridgehead atoms. The Labute approximate surface area is 83.3 Å². The molecule has 1 fully saturated rings. The molecule has 1 saturated heterocycles. The van der Waals surface area contributed by atoms with E-state index in [0.717, 1.165) is 25.1 Å². The van der Waals surface area contributed by atoms with E-state index in [1.807, 2.05) is 30.3 Å². The van der Waals surface area contributed by atoms with Crippen LogP contribution in [0.1, 0.15) is 16.8 Å². The smallest absolute Gasteiger partial charge is 0.255 e. The molecular weight excluding hydrogens is 178 g/mol. The Balaban J connectivity index is 2.07. The van der Waals surface area contributed by atoms with Gasteiger partial charge in [-0.2, -0.15) is 0 Å². The molecule has 1 amide bonds. The molecule has 1 aromatic rings. The summed E-state index contributed by atoms with van der Waals surface area (Å²) in [4.78, 5) is 13.6. The van der Waals surface area contributed by atoms with E-state index in [0.29, 0.717) is 6.73 Å². The summed E-state index contributed by atoms with van der Waals surface area (Å²) in [5, 5.41) is 0. The third-order valence-corrected chi connectivity index (χ3v) is 2.27. The van der Waals surface area contributed by atoms with Gasteiger partial charge in [0.2, 0.25) is 0 Å². The molecule has 14 heavy (non-hydrogen) atoms. The van der Waals surface area contributed by atoms with E-state index in [-0.39, 0.29) is 5.91 Å². The minimum Gasteiger partial charge on any atom is -0.361 e. The van der Waals surface area contributed by atoms with Crippen LogP contribution in [0.5, 0.6) is 0 Å². The molecule has 74 valence electrons. The molecule has 0 atom stereocenters. The predicted molar refractivity (Wildman–Crippen MR) is 52.9 cm³/mol. The van der Waals surface area contributed by atoms with E-state index in [4.69, 9.17) is 4.74 Å². The Kier molecular flexibility index (Phi) is 2.79. The monoisotopic (exact) mass is 191 g/mol. The van der Waals surface area contributed by atoms with Crippen LogP contribution in [0.25, 0.3) is 0 Å². The largest absolute Gasteiger partial charge is 0.361 e. The van der Waals surface area contributed by atoms with Gasteiger partial charge in [-0.05, 0) is 18.6 Å². The third kappa shape index (κ3) is 1.93. The lowest BCUT2D eigenvalue weighted by molar-refractivity contribution is -0.00571. The number of hydrogen-bond acceptors (Lipinski definition) is 2. The van der Waals surface area contributed by atoms with Crippen LogP contribution in [0.2, 0.25) is 0 Å². The SMILES string of the molecule is O=C(c1ccccc1)N1CCCOC1. The van der Waals surface area contributed by atoms with E-state index >= 15 is 0 Å². The first-order valence-corrected chi connectivity index (χ1v) is 4.80. The van der Waals surface area contributed by atoms with Gasteiger partial charge in [0.25, 0.3) is 5.91 Å². The van der Waals surface area contributed by atoms with Gasteiger partial charge in [-0.3, -0.25) is 4.79 Å². The minimum absolute atomic E-state index is 0.0605. The van der Waals surface area contributed by atoms with Gasteiger partial charge in [0.1, 0.15) is 6.73 Å².